The molecule has 0 radical (unpaired) electrons. The molecule has 3 rings (SSSR count). The summed E-state index contributed by atoms with van der Waals surface area (Å²) >= 11 is 0. The lowest BCUT2D eigenvalue weighted by atomic mass is 9.97. The summed E-state index contributed by atoms with van der Waals surface area (Å²) in [6, 6.07) is 3.71. The van der Waals surface area contributed by atoms with Gasteiger partial charge in [0.1, 0.15) is 0 Å². The highest BCUT2D eigenvalue weighted by Crippen LogP contribution is 2.37. The van der Waals surface area contributed by atoms with E-state index >= 15 is 0 Å². The summed E-state index contributed by atoms with van der Waals surface area (Å²) in [6.07, 6.45) is 6.28. The van der Waals surface area contributed by atoms with Gasteiger partial charge >= 0.3 is 0 Å². The molecule has 78 valence electrons. The summed E-state index contributed by atoms with van der Waals surface area (Å²) in [5, 5.41) is 3.49. The van der Waals surface area contributed by atoms with E-state index in [2.05, 4.69) is 16.4 Å². The highest BCUT2D eigenvalue weighted by atomic mass is 19.1. The molecule has 1 aliphatic heterocycles. The van der Waals surface area contributed by atoms with Gasteiger partial charge in [0.15, 0.2) is 0 Å². The highest BCUT2D eigenvalue weighted by molar-refractivity contribution is 5.71. The standard InChI is InChI=1S/C12H13FN2/c13-11-4-2-9(7-15-11)10-3-1-8-5-6-14-12(8)10/h2-4,7-8,12,14H,1,5-6H2/t8-,12+/m0/s1. The first-order valence-corrected chi connectivity index (χ1v) is 5.40. The van der Waals surface area contributed by atoms with E-state index in [-0.39, 0.29) is 0 Å². The molecule has 2 heterocycles. The summed E-state index contributed by atoms with van der Waals surface area (Å²) in [4.78, 5) is 3.70. The second-order valence-electron chi connectivity index (χ2n) is 4.25. The van der Waals surface area contributed by atoms with Gasteiger partial charge in [0.2, 0.25) is 5.95 Å². The van der Waals surface area contributed by atoms with Crippen molar-refractivity contribution in [1.82, 2.24) is 10.3 Å². The van der Waals surface area contributed by atoms with Crippen molar-refractivity contribution < 1.29 is 4.39 Å². The predicted octanol–water partition coefficient (Wildman–Crippen LogP) is 1.99. The summed E-state index contributed by atoms with van der Waals surface area (Å²) in [5.74, 6) is 0.332. The van der Waals surface area contributed by atoms with Crippen molar-refractivity contribution in [2.24, 2.45) is 5.92 Å². The largest absolute Gasteiger partial charge is 0.310 e. The average molecular weight is 204 g/mol. The van der Waals surface area contributed by atoms with Gasteiger partial charge in [-0.2, -0.15) is 4.39 Å². The average Bonchev–Trinajstić information content (AvgIpc) is 2.80. The van der Waals surface area contributed by atoms with Crippen molar-refractivity contribution in [3.63, 3.8) is 0 Å². The summed E-state index contributed by atoms with van der Waals surface area (Å²) in [6.45, 7) is 1.10. The number of nitrogens with one attached hydrogen (secondary N) is 1. The fourth-order valence-electron chi connectivity index (χ4n) is 2.62. The first kappa shape index (κ1) is 9.04. The maximum Gasteiger partial charge on any atom is 0.212 e. The Morgan fingerprint density at radius 1 is 1.40 bits per heavy atom. The predicted molar refractivity (Wildman–Crippen MR) is 56.7 cm³/mol. The molecule has 1 aromatic heterocycles. The number of hydrogen-bond acceptors (Lipinski definition) is 2. The van der Waals surface area contributed by atoms with Crippen molar-refractivity contribution in [3.8, 4) is 0 Å². The Hall–Kier alpha value is -1.22. The molecule has 0 aromatic carbocycles. The molecule has 0 amide bonds. The van der Waals surface area contributed by atoms with Crippen LogP contribution in [0.3, 0.4) is 0 Å². The second kappa shape index (κ2) is 3.42. The van der Waals surface area contributed by atoms with Crippen LogP contribution >= 0.6 is 0 Å². The minimum Gasteiger partial charge on any atom is -0.310 e. The zero-order valence-corrected chi connectivity index (χ0v) is 8.41. The van der Waals surface area contributed by atoms with Gasteiger partial charge in [0.25, 0.3) is 0 Å². The Morgan fingerprint density at radius 2 is 2.33 bits per heavy atom. The molecule has 3 heteroatoms. The molecule has 0 unspecified atom stereocenters. The molecule has 1 N–H and O–H groups in total. The molecule has 2 nitrogen and oxygen atoms in total. The molecule has 2 atom stereocenters. The van der Waals surface area contributed by atoms with E-state index in [1.165, 1.54) is 18.1 Å². The van der Waals surface area contributed by atoms with Gasteiger partial charge in [-0.15, -0.1) is 0 Å². The van der Waals surface area contributed by atoms with Crippen LogP contribution in [0.1, 0.15) is 18.4 Å². The van der Waals surface area contributed by atoms with Crippen molar-refractivity contribution in [1.29, 1.82) is 0 Å². The van der Waals surface area contributed by atoms with Crippen LogP contribution in [0.15, 0.2) is 24.4 Å². The van der Waals surface area contributed by atoms with Crippen molar-refractivity contribution in [2.45, 2.75) is 18.9 Å². The molecule has 15 heavy (non-hydrogen) atoms. The minimum absolute atomic E-state index is 0.409. The molecular formula is C12H13FN2. The zero-order valence-electron chi connectivity index (χ0n) is 8.41. The number of hydrogen-bond donors (Lipinski definition) is 1. The summed E-state index contributed by atoms with van der Waals surface area (Å²) in [7, 11) is 0. The maximum atomic E-state index is 12.7. The third-order valence-electron chi connectivity index (χ3n) is 3.39. The number of rotatable bonds is 1. The van der Waals surface area contributed by atoms with Crippen molar-refractivity contribution in [2.75, 3.05) is 6.54 Å². The Labute approximate surface area is 88.2 Å². The highest BCUT2D eigenvalue weighted by Gasteiger charge is 2.33. The Morgan fingerprint density at radius 3 is 3.13 bits per heavy atom. The number of nitrogens with zero attached hydrogens (tertiary/aromatic N) is 1. The lowest BCUT2D eigenvalue weighted by molar-refractivity contribution is 0.556. The monoisotopic (exact) mass is 204 g/mol. The maximum absolute atomic E-state index is 12.7. The van der Waals surface area contributed by atoms with Crippen LogP contribution in [0.25, 0.3) is 5.57 Å². The van der Waals surface area contributed by atoms with E-state index in [0.717, 1.165) is 24.4 Å². The fraction of sp³-hybridized carbons (Fsp3) is 0.417. The quantitative estimate of drug-likeness (QED) is 0.707. The van der Waals surface area contributed by atoms with Crippen LogP contribution in [0, 0.1) is 11.9 Å². The normalized spacial score (nSPS) is 29.0. The van der Waals surface area contributed by atoms with E-state index in [1.807, 2.05) is 6.07 Å². The Kier molecular flexibility index (Phi) is 2.06. The van der Waals surface area contributed by atoms with Crippen LogP contribution in [0.4, 0.5) is 4.39 Å². The van der Waals surface area contributed by atoms with Gasteiger partial charge in [0.05, 0.1) is 0 Å². The SMILES string of the molecule is Fc1ccc(C2=CC[C@H]3CCN[C@@H]23)cn1. The molecule has 2 aliphatic rings. The van der Waals surface area contributed by atoms with Crippen LogP contribution in [0.2, 0.25) is 0 Å². The summed E-state index contributed by atoms with van der Waals surface area (Å²) in [5.41, 5.74) is 2.35. The molecular weight excluding hydrogens is 191 g/mol. The number of pyridine rings is 1. The van der Waals surface area contributed by atoms with Gasteiger partial charge in [-0.3, -0.25) is 0 Å². The van der Waals surface area contributed by atoms with Gasteiger partial charge < -0.3 is 5.32 Å². The molecule has 1 saturated heterocycles. The van der Waals surface area contributed by atoms with Crippen LogP contribution < -0.4 is 5.32 Å². The van der Waals surface area contributed by atoms with E-state index < -0.39 is 5.95 Å². The molecule has 1 aromatic rings. The Bertz CT molecular complexity index is 397. The number of allylic oxidation sites excluding steroid dienone is 1. The minimum atomic E-state index is -0.409. The topological polar surface area (TPSA) is 24.9 Å². The molecule has 0 bridgehead atoms. The molecule has 0 spiro atoms. The first-order valence-electron chi connectivity index (χ1n) is 5.40. The van der Waals surface area contributed by atoms with Crippen LogP contribution in [-0.4, -0.2) is 17.6 Å². The second-order valence-corrected chi connectivity index (χ2v) is 4.25. The molecule has 1 aliphatic carbocycles. The van der Waals surface area contributed by atoms with Gasteiger partial charge in [-0.25, -0.2) is 4.98 Å². The fourth-order valence-corrected chi connectivity index (χ4v) is 2.62. The number of halogens is 1. The third-order valence-corrected chi connectivity index (χ3v) is 3.39. The zero-order chi connectivity index (χ0) is 10.3. The Balaban J connectivity index is 1.91. The summed E-state index contributed by atoms with van der Waals surface area (Å²) < 4.78 is 12.7. The molecule has 0 saturated carbocycles. The number of aromatic nitrogens is 1. The first-order chi connectivity index (χ1) is 7.34. The van der Waals surface area contributed by atoms with E-state index in [0.29, 0.717) is 6.04 Å². The third kappa shape index (κ3) is 1.47. The van der Waals surface area contributed by atoms with Gasteiger partial charge in [0, 0.05) is 12.2 Å². The smallest absolute Gasteiger partial charge is 0.212 e. The van der Waals surface area contributed by atoms with E-state index in [4.69, 9.17) is 0 Å². The van der Waals surface area contributed by atoms with Crippen molar-refractivity contribution >= 4 is 5.57 Å². The van der Waals surface area contributed by atoms with Gasteiger partial charge in [-0.1, -0.05) is 6.08 Å². The lowest BCUT2D eigenvalue weighted by Crippen LogP contribution is -2.24. The van der Waals surface area contributed by atoms with Crippen LogP contribution in [0.5, 0.6) is 0 Å². The van der Waals surface area contributed by atoms with E-state index in [1.54, 1.807) is 6.20 Å². The lowest BCUT2D eigenvalue weighted by Gasteiger charge is -2.14. The van der Waals surface area contributed by atoms with Crippen molar-refractivity contribution in [3.05, 3.63) is 35.9 Å². The molecule has 1 fully saturated rings. The number of fused-ring (bicyclic) bond motifs is 1. The van der Waals surface area contributed by atoms with Crippen LogP contribution in [-0.2, 0) is 0 Å². The van der Waals surface area contributed by atoms with E-state index in [9.17, 15) is 4.39 Å². The van der Waals surface area contributed by atoms with Gasteiger partial charge in [-0.05, 0) is 48.6 Å².